The van der Waals surface area contributed by atoms with Crippen molar-refractivity contribution in [1.82, 2.24) is 4.90 Å². The molecule has 1 atom stereocenters. The fraction of sp³-hybridized carbons (Fsp3) is 0.500. The van der Waals surface area contributed by atoms with Crippen LogP contribution in [0.3, 0.4) is 0 Å². The molecule has 18 heavy (non-hydrogen) atoms. The lowest BCUT2D eigenvalue weighted by Gasteiger charge is -2.18. The number of nitrogens with zero attached hydrogens (tertiary/aromatic N) is 2. The highest BCUT2D eigenvalue weighted by molar-refractivity contribution is 6.42. The molecule has 0 aromatic heterocycles. The van der Waals surface area contributed by atoms with E-state index in [1.807, 2.05) is 25.2 Å². The van der Waals surface area contributed by atoms with E-state index in [4.69, 9.17) is 28.5 Å². The first-order chi connectivity index (χ1) is 8.54. The van der Waals surface area contributed by atoms with E-state index in [-0.39, 0.29) is 0 Å². The summed E-state index contributed by atoms with van der Waals surface area (Å²) in [7, 11) is 2.04. The average molecular weight is 285 g/mol. The van der Waals surface area contributed by atoms with E-state index in [1.165, 1.54) is 5.56 Å². The average Bonchev–Trinajstić information content (AvgIpc) is 2.36. The minimum Gasteiger partial charge on any atom is -0.305 e. The van der Waals surface area contributed by atoms with Gasteiger partial charge >= 0.3 is 0 Å². The van der Waals surface area contributed by atoms with Crippen LogP contribution in [0.25, 0.3) is 0 Å². The number of halogens is 2. The minimum absolute atomic E-state index is 0.435. The van der Waals surface area contributed by atoms with Gasteiger partial charge in [0.25, 0.3) is 0 Å². The van der Waals surface area contributed by atoms with Crippen molar-refractivity contribution in [1.29, 1.82) is 5.26 Å². The molecule has 0 bridgehead atoms. The van der Waals surface area contributed by atoms with Gasteiger partial charge in [-0.3, -0.25) is 0 Å². The maximum Gasteiger partial charge on any atom is 0.0635 e. The van der Waals surface area contributed by atoms with Crippen molar-refractivity contribution >= 4 is 23.2 Å². The smallest absolute Gasteiger partial charge is 0.0635 e. The third kappa shape index (κ3) is 4.86. The molecular formula is C14H18Cl2N2. The van der Waals surface area contributed by atoms with Gasteiger partial charge in [0, 0.05) is 13.0 Å². The minimum atomic E-state index is 0.435. The van der Waals surface area contributed by atoms with Crippen LogP contribution < -0.4 is 0 Å². The highest BCUT2D eigenvalue weighted by atomic mass is 35.5. The van der Waals surface area contributed by atoms with E-state index >= 15 is 0 Å². The van der Waals surface area contributed by atoms with Crippen LogP contribution in [0, 0.1) is 11.3 Å². The lowest BCUT2D eigenvalue weighted by molar-refractivity contribution is 0.328. The molecule has 0 aliphatic carbocycles. The summed E-state index contributed by atoms with van der Waals surface area (Å²) in [6.07, 6.45) is 1.62. The van der Waals surface area contributed by atoms with Gasteiger partial charge in [-0.15, -0.1) is 0 Å². The summed E-state index contributed by atoms with van der Waals surface area (Å²) in [6, 6.07) is 7.96. The van der Waals surface area contributed by atoms with Gasteiger partial charge in [-0.25, -0.2) is 0 Å². The van der Waals surface area contributed by atoms with E-state index in [1.54, 1.807) is 0 Å². The lowest BCUT2D eigenvalue weighted by Crippen LogP contribution is -2.21. The summed E-state index contributed by atoms with van der Waals surface area (Å²) >= 11 is 11.9. The Morgan fingerprint density at radius 1 is 1.28 bits per heavy atom. The van der Waals surface area contributed by atoms with Crippen molar-refractivity contribution in [3.05, 3.63) is 33.8 Å². The van der Waals surface area contributed by atoms with Crippen molar-refractivity contribution in [3.8, 4) is 6.07 Å². The van der Waals surface area contributed by atoms with Gasteiger partial charge in [0.15, 0.2) is 0 Å². The van der Waals surface area contributed by atoms with Gasteiger partial charge < -0.3 is 4.90 Å². The second-order valence-electron chi connectivity index (χ2n) is 4.57. The number of rotatable bonds is 6. The zero-order chi connectivity index (χ0) is 13.5. The number of hydrogen-bond donors (Lipinski definition) is 0. The topological polar surface area (TPSA) is 27.0 Å². The zero-order valence-corrected chi connectivity index (χ0v) is 12.3. The molecule has 1 aromatic rings. The molecule has 1 rings (SSSR count). The highest BCUT2D eigenvalue weighted by Gasteiger charge is 2.09. The van der Waals surface area contributed by atoms with Crippen LogP contribution in [0.15, 0.2) is 18.2 Å². The monoisotopic (exact) mass is 284 g/mol. The first-order valence-electron chi connectivity index (χ1n) is 6.05. The number of hydrogen-bond acceptors (Lipinski definition) is 2. The first kappa shape index (κ1) is 15.3. The Morgan fingerprint density at radius 3 is 2.61 bits per heavy atom. The molecule has 4 heteroatoms. The summed E-state index contributed by atoms with van der Waals surface area (Å²) in [4.78, 5) is 2.18. The van der Waals surface area contributed by atoms with Gasteiger partial charge in [-0.05, 0) is 43.6 Å². The van der Waals surface area contributed by atoms with Crippen molar-refractivity contribution in [2.45, 2.75) is 25.7 Å². The standard InChI is InChI=1S/C14H18Cl2N2/c1-11(6-9-18(2)8-3-7-17)12-4-5-13(15)14(16)10-12/h4-5,10-11H,3,6,8-9H2,1-2H3. The molecule has 98 valence electrons. The summed E-state index contributed by atoms with van der Waals surface area (Å²) in [6.45, 7) is 3.98. The van der Waals surface area contributed by atoms with Crippen LogP contribution in [0.2, 0.25) is 10.0 Å². The molecule has 1 unspecified atom stereocenters. The molecule has 2 nitrogen and oxygen atoms in total. The summed E-state index contributed by atoms with van der Waals surface area (Å²) in [5.41, 5.74) is 1.21. The second-order valence-corrected chi connectivity index (χ2v) is 5.39. The Hall–Kier alpha value is -0.750. The molecule has 0 spiro atoms. The Labute approximate surface area is 119 Å². The fourth-order valence-electron chi connectivity index (χ4n) is 1.75. The molecule has 0 heterocycles. The molecular weight excluding hydrogens is 267 g/mol. The molecule has 0 saturated carbocycles. The van der Waals surface area contributed by atoms with Crippen LogP contribution in [0.1, 0.15) is 31.2 Å². The zero-order valence-electron chi connectivity index (χ0n) is 10.8. The van der Waals surface area contributed by atoms with E-state index in [2.05, 4.69) is 17.9 Å². The van der Waals surface area contributed by atoms with Crippen molar-refractivity contribution in [2.75, 3.05) is 20.1 Å². The predicted molar refractivity (Wildman–Crippen MR) is 77.2 cm³/mol. The SMILES string of the molecule is CC(CCN(C)CCC#N)c1ccc(Cl)c(Cl)c1. The van der Waals surface area contributed by atoms with Crippen LogP contribution in [-0.2, 0) is 0 Å². The van der Waals surface area contributed by atoms with E-state index in [0.29, 0.717) is 22.4 Å². The van der Waals surface area contributed by atoms with Gasteiger partial charge in [-0.2, -0.15) is 5.26 Å². The van der Waals surface area contributed by atoms with E-state index in [0.717, 1.165) is 19.5 Å². The largest absolute Gasteiger partial charge is 0.305 e. The normalized spacial score (nSPS) is 12.4. The third-order valence-electron chi connectivity index (χ3n) is 3.06. The number of benzene rings is 1. The van der Waals surface area contributed by atoms with Gasteiger partial charge in [0.1, 0.15) is 0 Å². The molecule has 0 N–H and O–H groups in total. The van der Waals surface area contributed by atoms with Gasteiger partial charge in [0.05, 0.1) is 16.1 Å². The Balaban J connectivity index is 2.47. The summed E-state index contributed by atoms with van der Waals surface area (Å²) in [5, 5.41) is 9.73. The first-order valence-corrected chi connectivity index (χ1v) is 6.80. The van der Waals surface area contributed by atoms with Gasteiger partial charge in [0.2, 0.25) is 0 Å². The molecule has 0 radical (unpaired) electrons. The summed E-state index contributed by atoms with van der Waals surface area (Å²) < 4.78 is 0. The molecule has 0 aliphatic rings. The maximum absolute atomic E-state index is 8.52. The highest BCUT2D eigenvalue weighted by Crippen LogP contribution is 2.27. The fourth-order valence-corrected chi connectivity index (χ4v) is 2.06. The van der Waals surface area contributed by atoms with E-state index in [9.17, 15) is 0 Å². The quantitative estimate of drug-likeness (QED) is 0.777. The van der Waals surface area contributed by atoms with E-state index < -0.39 is 0 Å². The van der Waals surface area contributed by atoms with Crippen LogP contribution in [-0.4, -0.2) is 25.0 Å². The molecule has 0 fully saturated rings. The van der Waals surface area contributed by atoms with Crippen LogP contribution in [0.5, 0.6) is 0 Å². The maximum atomic E-state index is 8.52. The Kier molecular flexibility index (Phi) is 6.49. The molecule has 0 aliphatic heterocycles. The molecule has 0 amide bonds. The summed E-state index contributed by atoms with van der Waals surface area (Å²) in [5.74, 6) is 0.435. The molecule has 1 aromatic carbocycles. The Morgan fingerprint density at radius 2 is 2.00 bits per heavy atom. The second kappa shape index (κ2) is 7.63. The predicted octanol–water partition coefficient (Wildman–Crippen LogP) is 4.33. The number of nitriles is 1. The van der Waals surface area contributed by atoms with Crippen molar-refractivity contribution in [2.24, 2.45) is 0 Å². The molecule has 0 saturated heterocycles. The van der Waals surface area contributed by atoms with Crippen molar-refractivity contribution in [3.63, 3.8) is 0 Å². The lowest BCUT2D eigenvalue weighted by atomic mass is 9.98. The Bertz CT molecular complexity index is 426. The van der Waals surface area contributed by atoms with Crippen LogP contribution in [0.4, 0.5) is 0 Å². The third-order valence-corrected chi connectivity index (χ3v) is 3.80. The van der Waals surface area contributed by atoms with Crippen molar-refractivity contribution < 1.29 is 0 Å². The van der Waals surface area contributed by atoms with Crippen LogP contribution >= 0.6 is 23.2 Å². The van der Waals surface area contributed by atoms with Gasteiger partial charge in [-0.1, -0.05) is 36.2 Å².